The number of nitrogens with two attached hydrogens (primary N) is 1. The number of nitrogens with zero attached hydrogens (tertiary/aromatic N) is 1. The highest BCUT2D eigenvalue weighted by Gasteiger charge is 2.07. The van der Waals surface area contributed by atoms with E-state index in [1.54, 1.807) is 0 Å². The first-order chi connectivity index (χ1) is 9.74. The van der Waals surface area contributed by atoms with E-state index >= 15 is 0 Å². The Hall–Kier alpha value is -2.20. The third-order valence-corrected chi connectivity index (χ3v) is 4.51. The molecule has 2 N–H and O–H groups in total. The summed E-state index contributed by atoms with van der Waals surface area (Å²) in [4.78, 5) is 0. The predicted octanol–water partition coefficient (Wildman–Crippen LogP) is 3.23. The van der Waals surface area contributed by atoms with Gasteiger partial charge in [-0.1, -0.05) is 24.3 Å². The van der Waals surface area contributed by atoms with E-state index in [4.69, 9.17) is 11.0 Å². The van der Waals surface area contributed by atoms with Crippen molar-refractivity contribution in [3.63, 3.8) is 0 Å². The van der Waals surface area contributed by atoms with Gasteiger partial charge < -0.3 is 5.73 Å². The molecule has 1 unspecified atom stereocenters. The molecular weight excluding hydrogens is 263 g/mol. The van der Waals surface area contributed by atoms with Gasteiger partial charge in [0.1, 0.15) is 5.82 Å². The molecule has 2 rings (SSSR count). The SMILES string of the molecule is C=[P+](/C=C/c1ccccc1CN)c1ccc(C#N)cc1. The Morgan fingerprint density at radius 1 is 1.15 bits per heavy atom. The van der Waals surface area contributed by atoms with Gasteiger partial charge in [0, 0.05) is 6.54 Å². The molecule has 2 nitrogen and oxygen atoms in total. The van der Waals surface area contributed by atoms with Crippen LogP contribution in [0.3, 0.4) is 0 Å². The smallest absolute Gasteiger partial charge is 0.154 e. The molecule has 0 aliphatic heterocycles. The van der Waals surface area contributed by atoms with Crippen molar-refractivity contribution < 1.29 is 0 Å². The lowest BCUT2D eigenvalue weighted by Crippen LogP contribution is -1.98. The molecule has 0 radical (unpaired) electrons. The van der Waals surface area contributed by atoms with Crippen LogP contribution in [0.4, 0.5) is 0 Å². The van der Waals surface area contributed by atoms with Crippen molar-refractivity contribution in [1.29, 1.82) is 5.26 Å². The summed E-state index contributed by atoms with van der Waals surface area (Å²) in [5.74, 6) is 2.12. The average Bonchev–Trinajstić information content (AvgIpc) is 2.53. The summed E-state index contributed by atoms with van der Waals surface area (Å²) in [6, 6.07) is 17.8. The largest absolute Gasteiger partial charge is 0.326 e. The van der Waals surface area contributed by atoms with E-state index in [2.05, 4.69) is 30.3 Å². The fourth-order valence-corrected chi connectivity index (χ4v) is 2.91. The minimum Gasteiger partial charge on any atom is -0.326 e. The van der Waals surface area contributed by atoms with Gasteiger partial charge in [-0.15, -0.1) is 0 Å². The highest BCUT2D eigenvalue weighted by atomic mass is 31.1. The quantitative estimate of drug-likeness (QED) is 0.873. The van der Waals surface area contributed by atoms with Gasteiger partial charge in [-0.2, -0.15) is 5.26 Å². The third kappa shape index (κ3) is 3.42. The Morgan fingerprint density at radius 2 is 1.85 bits per heavy atom. The molecule has 0 spiro atoms. The number of hydrogen-bond acceptors (Lipinski definition) is 2. The van der Waals surface area contributed by atoms with Crippen LogP contribution >= 0.6 is 7.55 Å². The maximum atomic E-state index is 8.79. The zero-order chi connectivity index (χ0) is 14.4. The molecule has 0 aliphatic rings. The van der Waals surface area contributed by atoms with Gasteiger partial charge in [0.2, 0.25) is 0 Å². The first-order valence-corrected chi connectivity index (χ1v) is 7.90. The summed E-state index contributed by atoms with van der Waals surface area (Å²) >= 11 is 0. The second-order valence-electron chi connectivity index (χ2n) is 4.35. The molecule has 0 aliphatic carbocycles. The molecule has 0 amide bonds. The van der Waals surface area contributed by atoms with Crippen LogP contribution in [0.5, 0.6) is 0 Å². The van der Waals surface area contributed by atoms with Crippen LogP contribution in [0.1, 0.15) is 16.7 Å². The van der Waals surface area contributed by atoms with E-state index in [0.717, 1.165) is 16.4 Å². The van der Waals surface area contributed by atoms with Crippen LogP contribution in [0.25, 0.3) is 6.08 Å². The molecule has 3 heteroatoms. The first-order valence-electron chi connectivity index (χ1n) is 6.30. The van der Waals surface area contributed by atoms with Gasteiger partial charge in [0.15, 0.2) is 12.8 Å². The predicted molar refractivity (Wildman–Crippen MR) is 88.2 cm³/mol. The Labute approximate surface area is 120 Å². The van der Waals surface area contributed by atoms with Gasteiger partial charge in [0.05, 0.1) is 17.9 Å². The monoisotopic (exact) mass is 279 g/mol. The normalized spacial score (nSPS) is 11.3. The van der Waals surface area contributed by atoms with Crippen LogP contribution in [-0.4, -0.2) is 6.30 Å². The standard InChI is InChI=1S/C17H16N2P/c1-20(17-8-6-14(12-18)7-9-17)11-10-15-4-2-3-5-16(15)13-19/h2-11H,1,13,19H2/q+1/b11-10+. The number of rotatable bonds is 4. The molecule has 0 saturated heterocycles. The zero-order valence-corrected chi connectivity index (χ0v) is 12.1. The summed E-state index contributed by atoms with van der Waals surface area (Å²) in [6.45, 7) is 0.534. The fourth-order valence-electron chi connectivity index (χ4n) is 1.87. The van der Waals surface area contributed by atoms with Crippen LogP contribution in [-0.2, 0) is 6.54 Å². The molecule has 0 fully saturated rings. The Balaban J connectivity index is 2.18. The number of nitriles is 1. The lowest BCUT2D eigenvalue weighted by molar-refractivity contribution is 1.07. The molecule has 20 heavy (non-hydrogen) atoms. The van der Waals surface area contributed by atoms with Crippen molar-refractivity contribution in [3.8, 4) is 6.07 Å². The van der Waals surface area contributed by atoms with Gasteiger partial charge in [-0.25, -0.2) is 0 Å². The average molecular weight is 279 g/mol. The maximum Gasteiger partial charge on any atom is 0.154 e. The van der Waals surface area contributed by atoms with Crippen molar-refractivity contribution in [1.82, 2.24) is 0 Å². The van der Waals surface area contributed by atoms with Crippen molar-refractivity contribution in [2.45, 2.75) is 6.54 Å². The Morgan fingerprint density at radius 3 is 2.50 bits per heavy atom. The third-order valence-electron chi connectivity index (χ3n) is 3.04. The molecule has 1 atom stereocenters. The summed E-state index contributed by atoms with van der Waals surface area (Å²) in [7, 11) is -0.615. The molecule has 2 aromatic rings. The lowest BCUT2D eigenvalue weighted by atomic mass is 10.1. The second-order valence-corrected chi connectivity index (χ2v) is 6.10. The van der Waals surface area contributed by atoms with E-state index in [9.17, 15) is 0 Å². The molecule has 98 valence electrons. The topological polar surface area (TPSA) is 49.8 Å². The molecule has 0 saturated carbocycles. The zero-order valence-electron chi connectivity index (χ0n) is 11.2. The minimum atomic E-state index is -0.615. The van der Waals surface area contributed by atoms with Crippen LogP contribution in [0.2, 0.25) is 0 Å². The Kier molecular flexibility index (Phi) is 4.85. The van der Waals surface area contributed by atoms with E-state index in [1.165, 1.54) is 0 Å². The number of hydrogen-bond donors (Lipinski definition) is 1. The Bertz CT molecular complexity index is 679. The minimum absolute atomic E-state index is 0.534. The van der Waals surface area contributed by atoms with Crippen molar-refractivity contribution in [2.24, 2.45) is 5.73 Å². The number of benzene rings is 2. The summed E-state index contributed by atoms with van der Waals surface area (Å²) < 4.78 is 0. The van der Waals surface area contributed by atoms with Crippen molar-refractivity contribution in [2.75, 3.05) is 0 Å². The van der Waals surface area contributed by atoms with Gasteiger partial charge in [0.25, 0.3) is 0 Å². The molecular formula is C17H16N2P+. The molecule has 0 bridgehead atoms. The summed E-state index contributed by atoms with van der Waals surface area (Å²) in [5, 5.41) is 9.94. The highest BCUT2D eigenvalue weighted by molar-refractivity contribution is 7.66. The molecule has 2 aromatic carbocycles. The van der Waals surface area contributed by atoms with Gasteiger partial charge in [-0.05, 0) is 41.5 Å². The van der Waals surface area contributed by atoms with Crippen molar-refractivity contribution in [3.05, 3.63) is 71.0 Å². The van der Waals surface area contributed by atoms with Crippen LogP contribution in [0.15, 0.2) is 54.3 Å². The van der Waals surface area contributed by atoms with Gasteiger partial charge in [-0.3, -0.25) is 0 Å². The van der Waals surface area contributed by atoms with E-state index in [0.29, 0.717) is 12.1 Å². The molecule has 0 heterocycles. The fraction of sp³-hybridized carbons (Fsp3) is 0.0588. The van der Waals surface area contributed by atoms with Crippen molar-refractivity contribution >= 4 is 25.2 Å². The highest BCUT2D eigenvalue weighted by Crippen LogP contribution is 2.23. The summed E-state index contributed by atoms with van der Waals surface area (Å²) in [6.07, 6.45) is 6.28. The maximum absolute atomic E-state index is 8.79. The van der Waals surface area contributed by atoms with E-state index in [1.807, 2.05) is 42.5 Å². The molecule has 0 aromatic heterocycles. The summed E-state index contributed by atoms with van der Waals surface area (Å²) in [5.41, 5.74) is 8.67. The van der Waals surface area contributed by atoms with E-state index in [-0.39, 0.29) is 0 Å². The second kappa shape index (κ2) is 6.82. The first kappa shape index (κ1) is 14.2. The van der Waals surface area contributed by atoms with E-state index < -0.39 is 7.55 Å². The lowest BCUT2D eigenvalue weighted by Gasteiger charge is -2.00. The van der Waals surface area contributed by atoms with Gasteiger partial charge >= 0.3 is 0 Å². The van der Waals surface area contributed by atoms with Crippen LogP contribution < -0.4 is 11.0 Å². The van der Waals surface area contributed by atoms with Crippen LogP contribution in [0, 0.1) is 11.3 Å².